The van der Waals surface area contributed by atoms with Gasteiger partial charge in [-0.3, -0.25) is 9.59 Å². The summed E-state index contributed by atoms with van der Waals surface area (Å²) in [6.45, 7) is 5.78. The molecule has 0 saturated heterocycles. The second-order valence-corrected chi connectivity index (χ2v) is 6.35. The number of rotatable bonds is 5. The van der Waals surface area contributed by atoms with Crippen LogP contribution in [0.2, 0.25) is 0 Å². The lowest BCUT2D eigenvalue weighted by atomic mass is 10.0. The van der Waals surface area contributed by atoms with Crippen molar-refractivity contribution in [2.45, 2.75) is 26.8 Å². The fraction of sp³-hybridized carbons (Fsp3) is 0.294. The van der Waals surface area contributed by atoms with Gasteiger partial charge in [0.1, 0.15) is 0 Å². The largest absolute Gasteiger partial charge is 0.352 e. The van der Waals surface area contributed by atoms with Crippen molar-refractivity contribution in [3.05, 3.63) is 46.2 Å². The third kappa shape index (κ3) is 4.18. The Morgan fingerprint density at radius 2 is 1.82 bits per heavy atom. The zero-order chi connectivity index (χ0) is 16.1. The quantitative estimate of drug-likeness (QED) is 0.891. The topological polar surface area (TPSA) is 58.2 Å². The highest BCUT2D eigenvalue weighted by Gasteiger charge is 2.15. The number of hydrogen-bond donors (Lipinski definition) is 2. The van der Waals surface area contributed by atoms with E-state index in [0.29, 0.717) is 4.88 Å². The molecule has 0 aliphatic heterocycles. The molecule has 1 aromatic carbocycles. The van der Waals surface area contributed by atoms with Gasteiger partial charge in [0.2, 0.25) is 5.91 Å². The van der Waals surface area contributed by atoms with Crippen LogP contribution in [0.1, 0.15) is 29.1 Å². The molecule has 0 spiro atoms. The van der Waals surface area contributed by atoms with Gasteiger partial charge in [0.05, 0.1) is 11.4 Å². The fourth-order valence-electron chi connectivity index (χ4n) is 2.06. The zero-order valence-corrected chi connectivity index (χ0v) is 13.8. The molecule has 0 saturated carbocycles. The highest BCUT2D eigenvalue weighted by Crippen LogP contribution is 2.28. The highest BCUT2D eigenvalue weighted by atomic mass is 32.1. The predicted molar refractivity (Wildman–Crippen MR) is 90.1 cm³/mol. The first-order chi connectivity index (χ1) is 10.5. The van der Waals surface area contributed by atoms with Crippen molar-refractivity contribution >= 4 is 23.2 Å². The molecule has 2 rings (SSSR count). The third-order valence-electron chi connectivity index (χ3n) is 3.09. The van der Waals surface area contributed by atoms with Crippen LogP contribution in [-0.2, 0) is 4.79 Å². The minimum absolute atomic E-state index is 0.0117. The Morgan fingerprint density at radius 3 is 2.45 bits per heavy atom. The molecule has 22 heavy (non-hydrogen) atoms. The van der Waals surface area contributed by atoms with E-state index in [1.165, 1.54) is 16.9 Å². The van der Waals surface area contributed by atoms with Crippen LogP contribution in [0.25, 0.3) is 11.1 Å². The van der Waals surface area contributed by atoms with Crippen molar-refractivity contribution in [1.82, 2.24) is 10.6 Å². The van der Waals surface area contributed by atoms with Crippen molar-refractivity contribution in [2.75, 3.05) is 6.54 Å². The normalized spacial score (nSPS) is 10.5. The lowest BCUT2D eigenvalue weighted by molar-refractivity contribution is -0.120. The molecule has 0 atom stereocenters. The van der Waals surface area contributed by atoms with Gasteiger partial charge in [-0.25, -0.2) is 0 Å². The van der Waals surface area contributed by atoms with Crippen molar-refractivity contribution in [3.63, 3.8) is 0 Å². The van der Waals surface area contributed by atoms with Crippen LogP contribution >= 0.6 is 11.3 Å². The van der Waals surface area contributed by atoms with Gasteiger partial charge in [-0.1, -0.05) is 29.8 Å². The fourth-order valence-corrected chi connectivity index (χ4v) is 2.89. The molecule has 2 amide bonds. The Balaban J connectivity index is 2.07. The van der Waals surface area contributed by atoms with E-state index in [4.69, 9.17) is 0 Å². The first kappa shape index (κ1) is 16.2. The maximum absolute atomic E-state index is 12.3. The van der Waals surface area contributed by atoms with E-state index in [0.717, 1.165) is 11.1 Å². The van der Waals surface area contributed by atoms with Crippen LogP contribution in [0.5, 0.6) is 0 Å². The van der Waals surface area contributed by atoms with E-state index in [1.807, 2.05) is 56.5 Å². The molecule has 4 nitrogen and oxygen atoms in total. The second kappa shape index (κ2) is 7.22. The number of benzene rings is 1. The van der Waals surface area contributed by atoms with Crippen molar-refractivity contribution < 1.29 is 9.59 Å². The number of amides is 2. The lowest BCUT2D eigenvalue weighted by Crippen LogP contribution is -2.39. The Labute approximate surface area is 134 Å². The third-order valence-corrected chi connectivity index (χ3v) is 4.01. The Bertz CT molecular complexity index is 660. The number of nitrogens with one attached hydrogen (secondary N) is 2. The van der Waals surface area contributed by atoms with E-state index >= 15 is 0 Å². The van der Waals surface area contributed by atoms with Gasteiger partial charge in [-0.05, 0) is 37.8 Å². The van der Waals surface area contributed by atoms with E-state index in [9.17, 15) is 9.59 Å². The predicted octanol–water partition coefficient (Wildman–Crippen LogP) is 2.98. The molecule has 2 aromatic rings. The van der Waals surface area contributed by atoms with Crippen LogP contribution in [-0.4, -0.2) is 24.4 Å². The summed E-state index contributed by atoms with van der Waals surface area (Å²) in [6, 6.07) is 10.0. The summed E-state index contributed by atoms with van der Waals surface area (Å²) in [4.78, 5) is 24.5. The first-order valence-corrected chi connectivity index (χ1v) is 8.07. The smallest absolute Gasteiger partial charge is 0.262 e. The summed E-state index contributed by atoms with van der Waals surface area (Å²) in [6.07, 6.45) is 0. The van der Waals surface area contributed by atoms with E-state index < -0.39 is 0 Å². The molecule has 0 unspecified atom stereocenters. The Morgan fingerprint density at radius 1 is 1.14 bits per heavy atom. The molecule has 1 aromatic heterocycles. The molecule has 0 fully saturated rings. The monoisotopic (exact) mass is 316 g/mol. The Hall–Kier alpha value is -2.14. The summed E-state index contributed by atoms with van der Waals surface area (Å²) in [5.74, 6) is -0.402. The van der Waals surface area contributed by atoms with Gasteiger partial charge in [0, 0.05) is 11.6 Å². The van der Waals surface area contributed by atoms with Gasteiger partial charge >= 0.3 is 0 Å². The summed E-state index contributed by atoms with van der Waals surface area (Å²) in [7, 11) is 0. The minimum Gasteiger partial charge on any atom is -0.352 e. The van der Waals surface area contributed by atoms with Crippen molar-refractivity contribution in [2.24, 2.45) is 0 Å². The molecular formula is C17H20N2O2S. The van der Waals surface area contributed by atoms with Crippen LogP contribution in [0.4, 0.5) is 0 Å². The van der Waals surface area contributed by atoms with Gasteiger partial charge in [-0.15, -0.1) is 11.3 Å². The van der Waals surface area contributed by atoms with Gasteiger partial charge in [0.25, 0.3) is 5.91 Å². The molecule has 0 aliphatic carbocycles. The number of aryl methyl sites for hydroxylation is 1. The molecule has 0 radical (unpaired) electrons. The summed E-state index contributed by atoms with van der Waals surface area (Å²) >= 11 is 1.38. The SMILES string of the molecule is Cc1ccc(-c2ccsc2C(=O)NCC(=O)NC(C)C)cc1. The number of carbonyl (C=O) groups is 2. The highest BCUT2D eigenvalue weighted by molar-refractivity contribution is 7.12. The minimum atomic E-state index is -0.218. The first-order valence-electron chi connectivity index (χ1n) is 7.19. The van der Waals surface area contributed by atoms with Crippen LogP contribution < -0.4 is 10.6 Å². The summed E-state index contributed by atoms with van der Waals surface area (Å²) < 4.78 is 0. The molecule has 2 N–H and O–H groups in total. The molecule has 0 bridgehead atoms. The maximum atomic E-state index is 12.3. The molecule has 1 heterocycles. The van der Waals surface area contributed by atoms with Crippen LogP contribution in [0, 0.1) is 6.92 Å². The lowest BCUT2D eigenvalue weighted by Gasteiger charge is -2.09. The second-order valence-electron chi connectivity index (χ2n) is 5.43. The molecular weight excluding hydrogens is 296 g/mol. The van der Waals surface area contributed by atoms with Gasteiger partial charge in [0.15, 0.2) is 0 Å². The number of carbonyl (C=O) groups excluding carboxylic acids is 2. The maximum Gasteiger partial charge on any atom is 0.262 e. The van der Waals surface area contributed by atoms with Crippen molar-refractivity contribution in [3.8, 4) is 11.1 Å². The summed E-state index contributed by atoms with van der Waals surface area (Å²) in [5.41, 5.74) is 3.07. The molecule has 5 heteroatoms. The van der Waals surface area contributed by atoms with Crippen molar-refractivity contribution in [1.29, 1.82) is 0 Å². The number of hydrogen-bond acceptors (Lipinski definition) is 3. The van der Waals surface area contributed by atoms with Crippen LogP contribution in [0.3, 0.4) is 0 Å². The van der Waals surface area contributed by atoms with Gasteiger partial charge < -0.3 is 10.6 Å². The van der Waals surface area contributed by atoms with E-state index in [2.05, 4.69) is 10.6 Å². The van der Waals surface area contributed by atoms with E-state index in [1.54, 1.807) is 0 Å². The summed E-state index contributed by atoms with van der Waals surface area (Å²) in [5, 5.41) is 7.30. The zero-order valence-electron chi connectivity index (χ0n) is 13.0. The molecule has 0 aliphatic rings. The van der Waals surface area contributed by atoms with Crippen LogP contribution in [0.15, 0.2) is 35.7 Å². The van der Waals surface area contributed by atoms with E-state index in [-0.39, 0.29) is 24.4 Å². The molecule has 116 valence electrons. The Kier molecular flexibility index (Phi) is 5.33. The number of thiophene rings is 1. The average Bonchev–Trinajstić information content (AvgIpc) is 2.94. The standard InChI is InChI=1S/C17H20N2O2S/c1-11(2)19-15(20)10-18-17(21)16-14(8-9-22-16)13-6-4-12(3)5-7-13/h4-9,11H,10H2,1-3H3,(H,18,21)(H,19,20). The average molecular weight is 316 g/mol. The van der Waals surface area contributed by atoms with Gasteiger partial charge in [-0.2, -0.15) is 0 Å².